The van der Waals surface area contributed by atoms with Crippen molar-refractivity contribution in [2.45, 2.75) is 12.6 Å². The van der Waals surface area contributed by atoms with E-state index in [-0.39, 0.29) is 27.8 Å². The first-order valence-electron chi connectivity index (χ1n) is 4.89. The molecule has 0 aromatic heterocycles. The van der Waals surface area contributed by atoms with Crippen LogP contribution in [0, 0.1) is 0 Å². The standard InChI is InChI=1S/C11H5Cl2F3O3/c12-5-1-4-2-6(10(17)18)9(11(14,15)16)19-8(4)7(13)3-5/h2-3H,1H2,(H,17,18). The molecule has 0 atom stereocenters. The van der Waals surface area contributed by atoms with Gasteiger partial charge < -0.3 is 9.84 Å². The number of hydrogen-bond acceptors (Lipinski definition) is 2. The molecule has 0 amide bonds. The van der Waals surface area contributed by atoms with Crippen LogP contribution in [-0.4, -0.2) is 17.3 Å². The molecule has 0 radical (unpaired) electrons. The minimum absolute atomic E-state index is 0.0645. The summed E-state index contributed by atoms with van der Waals surface area (Å²) in [5.41, 5.74) is -0.773. The number of carbonyl (C=O) groups is 1. The average molecular weight is 313 g/mol. The van der Waals surface area contributed by atoms with Gasteiger partial charge in [-0.1, -0.05) is 23.2 Å². The molecule has 0 bridgehead atoms. The van der Waals surface area contributed by atoms with Crippen molar-refractivity contribution in [2.24, 2.45) is 0 Å². The molecule has 8 heteroatoms. The van der Waals surface area contributed by atoms with Gasteiger partial charge in [-0.3, -0.25) is 0 Å². The monoisotopic (exact) mass is 312 g/mol. The normalized spacial score (nSPS) is 19.6. The summed E-state index contributed by atoms with van der Waals surface area (Å²) in [5.74, 6) is -3.55. The molecule has 0 fully saturated rings. The van der Waals surface area contributed by atoms with Crippen LogP contribution in [0.2, 0.25) is 0 Å². The van der Waals surface area contributed by atoms with Gasteiger partial charge in [0.15, 0.2) is 0 Å². The molecule has 1 aliphatic carbocycles. The lowest BCUT2D eigenvalue weighted by Crippen LogP contribution is -2.24. The second-order valence-electron chi connectivity index (χ2n) is 3.76. The van der Waals surface area contributed by atoms with E-state index in [1.54, 1.807) is 0 Å². The summed E-state index contributed by atoms with van der Waals surface area (Å²) in [6, 6.07) is 0. The predicted molar refractivity (Wildman–Crippen MR) is 61.3 cm³/mol. The maximum absolute atomic E-state index is 12.7. The van der Waals surface area contributed by atoms with Crippen molar-refractivity contribution >= 4 is 29.2 Å². The number of fused-ring (bicyclic) bond motifs is 1. The van der Waals surface area contributed by atoms with E-state index in [2.05, 4.69) is 4.74 Å². The summed E-state index contributed by atoms with van der Waals surface area (Å²) in [6.45, 7) is 0. The van der Waals surface area contributed by atoms with Crippen LogP contribution in [0.5, 0.6) is 0 Å². The van der Waals surface area contributed by atoms with Crippen molar-refractivity contribution in [3.05, 3.63) is 44.9 Å². The molecule has 3 nitrogen and oxygen atoms in total. The minimum Gasteiger partial charge on any atom is -0.478 e. The topological polar surface area (TPSA) is 46.5 Å². The van der Waals surface area contributed by atoms with Crippen molar-refractivity contribution in [3.8, 4) is 0 Å². The Bertz CT molecular complexity index is 582. The molecule has 102 valence electrons. The van der Waals surface area contributed by atoms with E-state index in [1.807, 2.05) is 0 Å². The third-order valence-electron chi connectivity index (χ3n) is 2.41. The van der Waals surface area contributed by atoms with Crippen LogP contribution in [-0.2, 0) is 9.53 Å². The Balaban J connectivity index is 2.59. The Labute approximate surface area is 115 Å². The zero-order valence-corrected chi connectivity index (χ0v) is 10.5. The zero-order valence-electron chi connectivity index (χ0n) is 9.02. The molecular formula is C11H5Cl2F3O3. The largest absolute Gasteiger partial charge is 0.478 e. The number of allylic oxidation sites excluding steroid dienone is 5. The van der Waals surface area contributed by atoms with E-state index < -0.39 is 23.5 Å². The van der Waals surface area contributed by atoms with E-state index in [4.69, 9.17) is 28.3 Å². The van der Waals surface area contributed by atoms with E-state index in [1.165, 1.54) is 6.08 Å². The fraction of sp³-hybridized carbons (Fsp3) is 0.182. The zero-order chi connectivity index (χ0) is 14.4. The van der Waals surface area contributed by atoms with E-state index in [9.17, 15) is 18.0 Å². The molecule has 1 N–H and O–H groups in total. The molecular weight excluding hydrogens is 308 g/mol. The number of ether oxygens (including phenoxy) is 1. The van der Waals surface area contributed by atoms with Crippen LogP contribution in [0.3, 0.4) is 0 Å². The van der Waals surface area contributed by atoms with Crippen LogP contribution in [0.1, 0.15) is 6.42 Å². The number of alkyl halides is 3. The molecule has 0 spiro atoms. The van der Waals surface area contributed by atoms with E-state index in [0.29, 0.717) is 0 Å². The summed E-state index contributed by atoms with van der Waals surface area (Å²) in [7, 11) is 0. The Morgan fingerprint density at radius 3 is 2.47 bits per heavy atom. The van der Waals surface area contributed by atoms with E-state index in [0.717, 1.165) is 6.08 Å². The van der Waals surface area contributed by atoms with Crippen molar-refractivity contribution in [3.63, 3.8) is 0 Å². The number of aliphatic carboxylic acids is 1. The van der Waals surface area contributed by atoms with Crippen LogP contribution in [0.25, 0.3) is 0 Å². The van der Waals surface area contributed by atoms with Gasteiger partial charge in [-0.2, -0.15) is 13.2 Å². The van der Waals surface area contributed by atoms with Crippen LogP contribution in [0.15, 0.2) is 44.9 Å². The fourth-order valence-corrected chi connectivity index (χ4v) is 2.27. The SMILES string of the molecule is O=C(O)C1=C(C(F)(F)F)OC2=C(Cl)C=C(Cl)CC2=C1. The third kappa shape index (κ3) is 2.64. The highest BCUT2D eigenvalue weighted by Crippen LogP contribution is 2.42. The molecule has 19 heavy (non-hydrogen) atoms. The average Bonchev–Trinajstić information content (AvgIpc) is 2.25. The Morgan fingerprint density at radius 1 is 1.32 bits per heavy atom. The van der Waals surface area contributed by atoms with Gasteiger partial charge in [-0.25, -0.2) is 4.79 Å². The highest BCUT2D eigenvalue weighted by molar-refractivity contribution is 6.35. The quantitative estimate of drug-likeness (QED) is 0.800. The van der Waals surface area contributed by atoms with Crippen molar-refractivity contribution in [1.29, 1.82) is 0 Å². The van der Waals surface area contributed by atoms with Crippen LogP contribution < -0.4 is 0 Å². The van der Waals surface area contributed by atoms with Crippen molar-refractivity contribution < 1.29 is 27.8 Å². The highest BCUT2D eigenvalue weighted by atomic mass is 35.5. The van der Waals surface area contributed by atoms with Crippen molar-refractivity contribution in [1.82, 2.24) is 0 Å². The molecule has 1 heterocycles. The smallest absolute Gasteiger partial charge is 0.450 e. The first-order chi connectivity index (χ1) is 8.70. The highest BCUT2D eigenvalue weighted by Gasteiger charge is 2.44. The van der Waals surface area contributed by atoms with Gasteiger partial charge in [0, 0.05) is 17.0 Å². The summed E-state index contributed by atoms with van der Waals surface area (Å²) < 4.78 is 42.8. The minimum atomic E-state index is -4.93. The maximum Gasteiger partial charge on any atom is 0.450 e. The molecule has 0 aromatic rings. The van der Waals surface area contributed by atoms with Gasteiger partial charge in [-0.05, 0) is 12.2 Å². The lowest BCUT2D eigenvalue weighted by molar-refractivity contribution is -0.138. The van der Waals surface area contributed by atoms with Gasteiger partial charge >= 0.3 is 12.1 Å². The summed E-state index contributed by atoms with van der Waals surface area (Å²) in [6.07, 6.45) is -2.73. The summed E-state index contributed by atoms with van der Waals surface area (Å²) in [5, 5.41) is 8.99. The van der Waals surface area contributed by atoms with Gasteiger partial charge in [0.2, 0.25) is 5.76 Å². The van der Waals surface area contributed by atoms with Crippen LogP contribution in [0.4, 0.5) is 13.2 Å². The molecule has 2 aliphatic rings. The Kier molecular flexibility index (Phi) is 3.40. The number of carboxylic acids is 1. The Hall–Kier alpha value is -1.40. The van der Waals surface area contributed by atoms with Gasteiger partial charge in [0.25, 0.3) is 0 Å². The number of carboxylic acid groups (broad SMARTS) is 1. The third-order valence-corrected chi connectivity index (χ3v) is 2.93. The first-order valence-corrected chi connectivity index (χ1v) is 5.65. The molecule has 0 unspecified atom stereocenters. The lowest BCUT2D eigenvalue weighted by atomic mass is 9.99. The van der Waals surface area contributed by atoms with Crippen LogP contribution >= 0.6 is 23.2 Å². The van der Waals surface area contributed by atoms with Gasteiger partial charge in [0.1, 0.15) is 11.3 Å². The second kappa shape index (κ2) is 4.61. The number of rotatable bonds is 1. The summed E-state index contributed by atoms with van der Waals surface area (Å²) in [4.78, 5) is 10.9. The molecule has 0 aromatic carbocycles. The predicted octanol–water partition coefficient (Wildman–Crippen LogP) is 3.82. The van der Waals surface area contributed by atoms with Gasteiger partial charge in [0.05, 0.1) is 5.03 Å². The maximum atomic E-state index is 12.7. The first kappa shape index (κ1) is 14.0. The van der Waals surface area contributed by atoms with Crippen molar-refractivity contribution in [2.75, 3.05) is 0 Å². The summed E-state index contributed by atoms with van der Waals surface area (Å²) >= 11 is 11.5. The van der Waals surface area contributed by atoms with E-state index >= 15 is 0 Å². The lowest BCUT2D eigenvalue weighted by Gasteiger charge is -2.25. The second-order valence-corrected chi connectivity index (χ2v) is 4.66. The number of hydrogen-bond donors (Lipinski definition) is 1. The molecule has 0 saturated carbocycles. The van der Waals surface area contributed by atoms with Gasteiger partial charge in [-0.15, -0.1) is 0 Å². The number of halogens is 5. The Morgan fingerprint density at radius 2 is 1.95 bits per heavy atom. The molecule has 1 aliphatic heterocycles. The molecule has 0 saturated heterocycles. The fourth-order valence-electron chi connectivity index (χ4n) is 1.67. The molecule has 2 rings (SSSR count).